The largest absolute Gasteiger partial charge is 0.467 e. The van der Waals surface area contributed by atoms with Gasteiger partial charge in [-0.3, -0.25) is 19.4 Å². The molecule has 3 fully saturated rings. The summed E-state index contributed by atoms with van der Waals surface area (Å²) in [6.45, 7) is 5.32. The van der Waals surface area contributed by atoms with Gasteiger partial charge in [0.25, 0.3) is 5.91 Å². The van der Waals surface area contributed by atoms with Gasteiger partial charge in [-0.15, -0.1) is 0 Å². The summed E-state index contributed by atoms with van der Waals surface area (Å²) in [6, 6.07) is 4.88. The number of esters is 1. The highest BCUT2D eigenvalue weighted by atomic mass is 35.5. The lowest BCUT2D eigenvalue weighted by Gasteiger charge is -2.50. The second kappa shape index (κ2) is 15.1. The molecular formula is C32H39Cl2N5O7. The third-order valence-electron chi connectivity index (χ3n) is 7.98. The van der Waals surface area contributed by atoms with Crippen LogP contribution in [0.4, 0.5) is 10.5 Å². The number of aromatic nitrogens is 1. The van der Waals surface area contributed by atoms with Crippen molar-refractivity contribution in [1.29, 1.82) is 0 Å². The van der Waals surface area contributed by atoms with E-state index in [1.807, 2.05) is 0 Å². The van der Waals surface area contributed by atoms with Crippen molar-refractivity contribution in [2.24, 2.45) is 5.92 Å². The number of anilines is 1. The molecule has 3 heterocycles. The Morgan fingerprint density at radius 1 is 1.00 bits per heavy atom. The monoisotopic (exact) mass is 675 g/mol. The Bertz CT molecular complexity index is 1440. The molecule has 2 atom stereocenters. The van der Waals surface area contributed by atoms with E-state index in [1.165, 1.54) is 19.5 Å². The first kappa shape index (κ1) is 35.0. The number of carbonyl (C=O) groups excluding carboxylic acids is 5. The van der Waals surface area contributed by atoms with Crippen LogP contribution in [0, 0.1) is 5.92 Å². The molecule has 1 aliphatic carbocycles. The minimum absolute atomic E-state index is 0.00906. The average Bonchev–Trinajstić information content (AvgIpc) is 3.00. The van der Waals surface area contributed by atoms with Gasteiger partial charge in [0.1, 0.15) is 17.7 Å². The quantitative estimate of drug-likeness (QED) is 0.310. The lowest BCUT2D eigenvalue weighted by molar-refractivity contribution is -0.155. The Morgan fingerprint density at radius 3 is 2.22 bits per heavy atom. The van der Waals surface area contributed by atoms with Crippen molar-refractivity contribution in [2.45, 2.75) is 83.0 Å². The molecule has 3 N–H and O–H groups in total. The minimum atomic E-state index is -1.02. The van der Waals surface area contributed by atoms with Crippen LogP contribution in [0.15, 0.2) is 36.7 Å². The second-order valence-electron chi connectivity index (χ2n) is 12.4. The van der Waals surface area contributed by atoms with Gasteiger partial charge in [-0.1, -0.05) is 35.3 Å². The number of piperidine rings is 2. The van der Waals surface area contributed by atoms with E-state index in [-0.39, 0.29) is 52.9 Å². The van der Waals surface area contributed by atoms with Gasteiger partial charge in [0, 0.05) is 43.5 Å². The maximum atomic E-state index is 13.8. The standard InChI is InChI=1S/C32H39Cl2N5O7/c1-32(2,3)46-31(44)36-14-13-25(40)39-21-11-7-19(8-12-21)27(39)29(42)38-24(30(43)45-4)15-18-5-9-20(10-6-18)37-28(41)26-22(33)16-35-17-23(26)34/h5-6,9-10,16-17,19,21,24,27H,7-8,11-15H2,1-4H3,(H,36,44)(H,37,41)(H,38,42)/t19?,21?,24-,27?/m0/s1. The third kappa shape index (κ3) is 8.88. The number of pyridine rings is 1. The van der Waals surface area contributed by atoms with Crippen LogP contribution < -0.4 is 16.0 Å². The van der Waals surface area contributed by atoms with Gasteiger partial charge in [-0.05, 0) is 70.1 Å². The predicted molar refractivity (Wildman–Crippen MR) is 172 cm³/mol. The number of amides is 4. The first-order chi connectivity index (χ1) is 21.8. The summed E-state index contributed by atoms with van der Waals surface area (Å²) in [5.41, 5.74) is 0.589. The van der Waals surface area contributed by atoms with Gasteiger partial charge >= 0.3 is 12.1 Å². The van der Waals surface area contributed by atoms with Gasteiger partial charge in [0.2, 0.25) is 11.8 Å². The molecule has 4 amide bonds. The summed E-state index contributed by atoms with van der Waals surface area (Å²) in [4.78, 5) is 70.2. The molecule has 0 spiro atoms. The van der Waals surface area contributed by atoms with Crippen molar-refractivity contribution in [3.05, 3.63) is 57.8 Å². The van der Waals surface area contributed by atoms with Crippen molar-refractivity contribution >= 4 is 58.7 Å². The van der Waals surface area contributed by atoms with Crippen LogP contribution in [0.25, 0.3) is 0 Å². The van der Waals surface area contributed by atoms with Crippen LogP contribution in [-0.4, -0.2) is 77.0 Å². The highest BCUT2D eigenvalue weighted by Gasteiger charge is 2.47. The third-order valence-corrected chi connectivity index (χ3v) is 8.55. The fraction of sp³-hybridized carbons (Fsp3) is 0.500. The van der Waals surface area contributed by atoms with Gasteiger partial charge < -0.3 is 30.3 Å². The van der Waals surface area contributed by atoms with E-state index < -0.39 is 41.6 Å². The maximum Gasteiger partial charge on any atom is 0.407 e. The van der Waals surface area contributed by atoms with Crippen molar-refractivity contribution in [2.75, 3.05) is 19.0 Å². The lowest BCUT2D eigenvalue weighted by Crippen LogP contribution is -2.64. The van der Waals surface area contributed by atoms with E-state index >= 15 is 0 Å². The number of hydrogen-bond acceptors (Lipinski definition) is 8. The summed E-state index contributed by atoms with van der Waals surface area (Å²) in [7, 11) is 1.24. The fourth-order valence-corrected chi connectivity index (χ4v) is 6.47. The highest BCUT2D eigenvalue weighted by molar-refractivity contribution is 6.40. The molecule has 1 aromatic carbocycles. The number of methoxy groups -OCH3 is 1. The van der Waals surface area contributed by atoms with Gasteiger partial charge in [0.15, 0.2) is 0 Å². The molecule has 248 valence electrons. The van der Waals surface area contributed by atoms with Crippen molar-refractivity contribution in [3.63, 3.8) is 0 Å². The zero-order valence-electron chi connectivity index (χ0n) is 26.2. The van der Waals surface area contributed by atoms with Gasteiger partial charge in [-0.25, -0.2) is 9.59 Å². The Hall–Kier alpha value is -3.90. The van der Waals surface area contributed by atoms with E-state index in [0.29, 0.717) is 11.3 Å². The number of rotatable bonds is 10. The summed E-state index contributed by atoms with van der Waals surface area (Å²) in [5, 5.41) is 8.39. The fourth-order valence-electron chi connectivity index (χ4n) is 5.94. The molecule has 1 unspecified atom stereocenters. The molecule has 2 bridgehead atoms. The minimum Gasteiger partial charge on any atom is -0.467 e. The van der Waals surface area contributed by atoms with E-state index in [1.54, 1.807) is 49.9 Å². The molecule has 5 rings (SSSR count). The molecule has 2 saturated heterocycles. The van der Waals surface area contributed by atoms with Crippen molar-refractivity contribution in [1.82, 2.24) is 20.5 Å². The summed E-state index contributed by atoms with van der Waals surface area (Å²) in [5.74, 6) is -1.85. The number of nitrogens with zero attached hydrogens (tertiary/aromatic N) is 2. The number of hydrogen-bond donors (Lipinski definition) is 3. The normalized spacial score (nSPS) is 19.5. The molecule has 0 radical (unpaired) electrons. The molecule has 3 aliphatic rings. The molecule has 46 heavy (non-hydrogen) atoms. The van der Waals surface area contributed by atoms with E-state index in [9.17, 15) is 24.0 Å². The zero-order chi connectivity index (χ0) is 33.6. The number of ether oxygens (including phenoxy) is 2. The van der Waals surface area contributed by atoms with Crippen molar-refractivity contribution < 1.29 is 33.4 Å². The lowest BCUT2D eigenvalue weighted by atomic mass is 9.74. The number of benzene rings is 1. The number of nitrogens with one attached hydrogen (secondary N) is 3. The first-order valence-electron chi connectivity index (χ1n) is 15.1. The Morgan fingerprint density at radius 2 is 1.63 bits per heavy atom. The number of fused-ring (bicyclic) bond motifs is 3. The van der Waals surface area contributed by atoms with Crippen molar-refractivity contribution in [3.8, 4) is 0 Å². The Balaban J connectivity index is 1.41. The Kier molecular flexibility index (Phi) is 11.5. The molecule has 12 nitrogen and oxygen atoms in total. The molecule has 1 aromatic heterocycles. The summed E-state index contributed by atoms with van der Waals surface area (Å²) in [6.07, 6.45) is 5.34. The SMILES string of the molecule is COC(=O)[C@H](Cc1ccc(NC(=O)c2c(Cl)cncc2Cl)cc1)NC(=O)C1C2CCC(CC2)N1C(=O)CCNC(=O)OC(C)(C)C. The summed E-state index contributed by atoms with van der Waals surface area (Å²) >= 11 is 12.2. The van der Waals surface area contributed by atoms with Gasteiger partial charge in [0.05, 0.1) is 22.7 Å². The highest BCUT2D eigenvalue weighted by Crippen LogP contribution is 2.40. The Labute approximate surface area is 277 Å². The molecule has 2 aromatic rings. The molecular weight excluding hydrogens is 637 g/mol. The predicted octanol–water partition coefficient (Wildman–Crippen LogP) is 4.53. The first-order valence-corrected chi connectivity index (χ1v) is 15.9. The number of carbonyl (C=O) groups is 5. The van der Waals surface area contributed by atoms with Gasteiger partial charge in [-0.2, -0.15) is 0 Å². The molecule has 2 aliphatic heterocycles. The zero-order valence-corrected chi connectivity index (χ0v) is 27.7. The van der Waals surface area contributed by atoms with E-state index in [2.05, 4.69) is 20.9 Å². The van der Waals surface area contributed by atoms with E-state index in [0.717, 1.165) is 25.7 Å². The van der Waals surface area contributed by atoms with E-state index in [4.69, 9.17) is 32.7 Å². The summed E-state index contributed by atoms with van der Waals surface area (Å²) < 4.78 is 10.2. The second-order valence-corrected chi connectivity index (χ2v) is 13.2. The topological polar surface area (TPSA) is 156 Å². The van der Waals surface area contributed by atoms with Crippen LogP contribution in [0.1, 0.15) is 68.8 Å². The van der Waals surface area contributed by atoms with Crippen LogP contribution in [0.5, 0.6) is 0 Å². The van der Waals surface area contributed by atoms with Crippen LogP contribution in [0.3, 0.4) is 0 Å². The molecule has 14 heteroatoms. The van der Waals surface area contributed by atoms with Crippen LogP contribution in [0.2, 0.25) is 10.0 Å². The number of alkyl carbamates (subject to hydrolysis) is 1. The maximum absolute atomic E-state index is 13.8. The number of halogens is 2. The van der Waals surface area contributed by atoms with Crippen LogP contribution in [-0.2, 0) is 30.3 Å². The average molecular weight is 677 g/mol. The smallest absolute Gasteiger partial charge is 0.407 e. The van der Waals surface area contributed by atoms with Crippen LogP contribution >= 0.6 is 23.2 Å². The molecule has 1 saturated carbocycles.